The summed E-state index contributed by atoms with van der Waals surface area (Å²) < 4.78 is 32.5. The Labute approximate surface area is 131 Å². The molecule has 0 bridgehead atoms. The fourth-order valence-corrected chi connectivity index (χ4v) is 4.49. The van der Waals surface area contributed by atoms with E-state index in [0.717, 1.165) is 4.88 Å². The van der Waals surface area contributed by atoms with Gasteiger partial charge in [-0.1, -0.05) is 11.2 Å². The molecule has 0 fully saturated rings. The van der Waals surface area contributed by atoms with Crippen LogP contribution < -0.4 is 4.72 Å². The number of aryl methyl sites for hydroxylation is 1. The molecule has 0 saturated carbocycles. The first-order chi connectivity index (χ1) is 10.6. The Kier molecular flexibility index (Phi) is 4.06. The molecule has 114 valence electrons. The van der Waals surface area contributed by atoms with Gasteiger partial charge in [-0.25, -0.2) is 13.1 Å². The van der Waals surface area contributed by atoms with Crippen LogP contribution in [-0.2, 0) is 16.6 Å². The third-order valence-corrected chi connectivity index (χ3v) is 5.73. The van der Waals surface area contributed by atoms with E-state index in [1.807, 2.05) is 6.07 Å². The lowest BCUT2D eigenvalue weighted by Gasteiger charge is -2.05. The minimum atomic E-state index is -3.60. The van der Waals surface area contributed by atoms with Crippen molar-refractivity contribution in [3.63, 3.8) is 0 Å². The Bertz CT molecular complexity index is 856. The number of nitrogens with zero attached hydrogens (tertiary/aromatic N) is 2. The van der Waals surface area contributed by atoms with E-state index in [4.69, 9.17) is 4.52 Å². The maximum absolute atomic E-state index is 12.4. The summed E-state index contributed by atoms with van der Waals surface area (Å²) in [5.41, 5.74) is 0.661. The van der Waals surface area contributed by atoms with Crippen molar-refractivity contribution in [3.05, 3.63) is 53.3 Å². The van der Waals surface area contributed by atoms with Crippen molar-refractivity contribution in [3.8, 4) is 10.6 Å². The van der Waals surface area contributed by atoms with Gasteiger partial charge in [-0.2, -0.15) is 0 Å². The van der Waals surface area contributed by atoms with Gasteiger partial charge >= 0.3 is 0 Å². The van der Waals surface area contributed by atoms with Gasteiger partial charge in [-0.15, -0.1) is 11.3 Å². The minimum Gasteiger partial charge on any atom is -0.355 e. The fourth-order valence-electron chi connectivity index (χ4n) is 1.95. The molecule has 6 nitrogen and oxygen atoms in total. The molecule has 0 aliphatic heterocycles. The van der Waals surface area contributed by atoms with Crippen molar-refractivity contribution < 1.29 is 12.9 Å². The third kappa shape index (κ3) is 3.08. The molecule has 0 aromatic carbocycles. The van der Waals surface area contributed by atoms with E-state index in [-0.39, 0.29) is 11.4 Å². The van der Waals surface area contributed by atoms with E-state index in [1.165, 1.54) is 17.5 Å². The Morgan fingerprint density at radius 1 is 1.27 bits per heavy atom. The standard InChI is InChI=1S/C14H13N3O3S2/c1-10-14(8-13(21-10)12-5-7-16-20-12)22(18,19)17-9-11-4-2-3-6-15-11/h2-8,17H,9H2,1H3. The summed E-state index contributed by atoms with van der Waals surface area (Å²) in [5, 5.41) is 3.63. The van der Waals surface area contributed by atoms with Gasteiger partial charge in [0, 0.05) is 17.1 Å². The van der Waals surface area contributed by atoms with Crippen molar-refractivity contribution in [2.45, 2.75) is 18.4 Å². The van der Waals surface area contributed by atoms with E-state index >= 15 is 0 Å². The SMILES string of the molecule is Cc1sc(-c2ccno2)cc1S(=O)(=O)NCc1ccccn1. The summed E-state index contributed by atoms with van der Waals surface area (Å²) in [6.45, 7) is 1.91. The molecule has 1 N–H and O–H groups in total. The molecule has 0 atom stereocenters. The highest BCUT2D eigenvalue weighted by molar-refractivity contribution is 7.89. The van der Waals surface area contributed by atoms with E-state index < -0.39 is 10.0 Å². The van der Waals surface area contributed by atoms with Crippen LogP contribution in [0.1, 0.15) is 10.6 Å². The third-order valence-electron chi connectivity index (χ3n) is 3.01. The Hall–Kier alpha value is -2.03. The lowest BCUT2D eigenvalue weighted by atomic mass is 10.3. The zero-order valence-corrected chi connectivity index (χ0v) is 13.3. The van der Waals surface area contributed by atoms with E-state index in [1.54, 1.807) is 37.4 Å². The zero-order chi connectivity index (χ0) is 15.6. The van der Waals surface area contributed by atoms with Crippen molar-refractivity contribution in [1.82, 2.24) is 14.9 Å². The number of nitrogens with one attached hydrogen (secondary N) is 1. The zero-order valence-electron chi connectivity index (χ0n) is 11.7. The molecule has 0 radical (unpaired) electrons. The van der Waals surface area contributed by atoms with Crippen molar-refractivity contribution >= 4 is 21.4 Å². The molecule has 3 aromatic heterocycles. The number of thiophene rings is 1. The number of pyridine rings is 1. The quantitative estimate of drug-likeness (QED) is 0.774. The summed E-state index contributed by atoms with van der Waals surface area (Å²) >= 11 is 1.35. The van der Waals surface area contributed by atoms with E-state index in [0.29, 0.717) is 16.3 Å². The van der Waals surface area contributed by atoms with Gasteiger partial charge in [-0.05, 0) is 25.1 Å². The van der Waals surface area contributed by atoms with Crippen LogP contribution in [0.4, 0.5) is 0 Å². The molecule has 0 aliphatic carbocycles. The molecule has 0 unspecified atom stereocenters. The van der Waals surface area contributed by atoms with Crippen LogP contribution in [0, 0.1) is 6.92 Å². The molecule has 0 amide bonds. The first kappa shape index (κ1) is 14.9. The highest BCUT2D eigenvalue weighted by Gasteiger charge is 2.21. The van der Waals surface area contributed by atoms with Gasteiger partial charge < -0.3 is 4.52 Å². The van der Waals surface area contributed by atoms with Crippen molar-refractivity contribution in [2.75, 3.05) is 0 Å². The average molecular weight is 335 g/mol. The first-order valence-corrected chi connectivity index (χ1v) is 8.77. The Morgan fingerprint density at radius 3 is 2.82 bits per heavy atom. The summed E-state index contributed by atoms with van der Waals surface area (Å²) in [7, 11) is -3.60. The van der Waals surface area contributed by atoms with E-state index in [9.17, 15) is 8.42 Å². The van der Waals surface area contributed by atoms with E-state index in [2.05, 4.69) is 14.9 Å². The minimum absolute atomic E-state index is 0.149. The molecule has 3 heterocycles. The van der Waals surface area contributed by atoms with Gasteiger partial charge in [0.15, 0.2) is 5.76 Å². The summed E-state index contributed by atoms with van der Waals surface area (Å²) in [4.78, 5) is 5.77. The molecule has 0 aliphatic rings. The number of sulfonamides is 1. The number of rotatable bonds is 5. The smallest absolute Gasteiger partial charge is 0.242 e. The second-order valence-electron chi connectivity index (χ2n) is 4.55. The second-order valence-corrected chi connectivity index (χ2v) is 7.55. The molecular weight excluding hydrogens is 322 g/mol. The Morgan fingerprint density at radius 2 is 2.14 bits per heavy atom. The molecule has 0 saturated heterocycles. The first-order valence-electron chi connectivity index (χ1n) is 6.47. The number of aromatic nitrogens is 2. The molecule has 8 heteroatoms. The van der Waals surface area contributed by atoms with Gasteiger partial charge in [0.2, 0.25) is 10.0 Å². The molecule has 3 rings (SSSR count). The normalized spacial score (nSPS) is 11.7. The summed E-state index contributed by atoms with van der Waals surface area (Å²) in [6, 6.07) is 8.66. The van der Waals surface area contributed by atoms with Crippen molar-refractivity contribution in [2.24, 2.45) is 0 Å². The highest BCUT2D eigenvalue weighted by Crippen LogP contribution is 2.33. The summed E-state index contributed by atoms with van der Waals surface area (Å²) in [5.74, 6) is 0.555. The molecule has 3 aromatic rings. The lowest BCUT2D eigenvalue weighted by Crippen LogP contribution is -2.23. The van der Waals surface area contributed by atoms with Crippen molar-refractivity contribution in [1.29, 1.82) is 0 Å². The molecule has 0 spiro atoms. The van der Waals surface area contributed by atoms with Gasteiger partial charge in [-0.3, -0.25) is 4.98 Å². The fraction of sp³-hybridized carbons (Fsp3) is 0.143. The summed E-state index contributed by atoms with van der Waals surface area (Å²) in [6.07, 6.45) is 3.15. The number of hydrogen-bond acceptors (Lipinski definition) is 6. The van der Waals surface area contributed by atoms with Crippen LogP contribution in [0.2, 0.25) is 0 Å². The average Bonchev–Trinajstić information content (AvgIpc) is 3.15. The predicted octanol–water partition coefficient (Wildman–Crippen LogP) is 2.59. The van der Waals surface area contributed by atoms with Crippen LogP contribution in [-0.4, -0.2) is 18.6 Å². The van der Waals surface area contributed by atoms with Gasteiger partial charge in [0.25, 0.3) is 0 Å². The van der Waals surface area contributed by atoms with Crippen LogP contribution >= 0.6 is 11.3 Å². The maximum atomic E-state index is 12.4. The monoisotopic (exact) mass is 335 g/mol. The van der Waals surface area contributed by atoms with Gasteiger partial charge in [0.05, 0.1) is 28.2 Å². The second kappa shape index (κ2) is 5.99. The molecule has 22 heavy (non-hydrogen) atoms. The predicted molar refractivity (Wildman–Crippen MR) is 82.8 cm³/mol. The van der Waals surface area contributed by atoms with Crippen LogP contribution in [0.3, 0.4) is 0 Å². The highest BCUT2D eigenvalue weighted by atomic mass is 32.2. The maximum Gasteiger partial charge on any atom is 0.242 e. The number of hydrogen-bond donors (Lipinski definition) is 1. The van der Waals surface area contributed by atoms with Crippen LogP contribution in [0.25, 0.3) is 10.6 Å². The lowest BCUT2D eigenvalue weighted by molar-refractivity contribution is 0.433. The largest absolute Gasteiger partial charge is 0.355 e. The van der Waals surface area contributed by atoms with Gasteiger partial charge in [0.1, 0.15) is 0 Å². The van der Waals surface area contributed by atoms with Crippen LogP contribution in [0.5, 0.6) is 0 Å². The van der Waals surface area contributed by atoms with Crippen LogP contribution in [0.15, 0.2) is 52.1 Å². The Balaban J connectivity index is 1.83. The molecular formula is C14H13N3O3S2. The topological polar surface area (TPSA) is 85.1 Å².